The molecule has 80 valence electrons. The molecule has 0 radical (unpaired) electrons. The average molecular weight is 195 g/mol. The maximum absolute atomic E-state index is 10.4. The van der Waals surface area contributed by atoms with Gasteiger partial charge >= 0.3 is 0 Å². The predicted molar refractivity (Wildman–Crippen MR) is 60.9 cm³/mol. The number of rotatable bonds is 7. The molecule has 0 spiro atoms. The number of unbranched alkanes of at least 4 members (excludes halogenated alkanes) is 3. The summed E-state index contributed by atoms with van der Waals surface area (Å²) >= 11 is 0. The first-order chi connectivity index (χ1) is 6.66. The highest BCUT2D eigenvalue weighted by molar-refractivity contribution is 5.85. The van der Waals surface area contributed by atoms with Crippen molar-refractivity contribution in [2.75, 3.05) is 0 Å². The van der Waals surface area contributed by atoms with E-state index in [-0.39, 0.29) is 5.91 Å². The average Bonchev–Trinajstić information content (AvgIpc) is 2.12. The van der Waals surface area contributed by atoms with Crippen LogP contribution in [0.3, 0.4) is 0 Å². The van der Waals surface area contributed by atoms with Crippen molar-refractivity contribution in [2.45, 2.75) is 46.0 Å². The molecule has 0 aliphatic carbocycles. The van der Waals surface area contributed by atoms with Gasteiger partial charge in [-0.2, -0.15) is 0 Å². The van der Waals surface area contributed by atoms with E-state index >= 15 is 0 Å². The molecule has 0 bridgehead atoms. The lowest BCUT2D eigenvalue weighted by Gasteiger charge is -1.99. The molecule has 0 heterocycles. The van der Waals surface area contributed by atoms with E-state index in [1.807, 2.05) is 6.08 Å². The van der Waals surface area contributed by atoms with Crippen LogP contribution in [0.25, 0.3) is 0 Å². The van der Waals surface area contributed by atoms with Crippen LogP contribution < -0.4 is 5.73 Å². The summed E-state index contributed by atoms with van der Waals surface area (Å²) < 4.78 is 0. The van der Waals surface area contributed by atoms with Crippen molar-refractivity contribution in [1.82, 2.24) is 0 Å². The Hall–Kier alpha value is -1.05. The molecule has 2 nitrogen and oxygen atoms in total. The van der Waals surface area contributed by atoms with E-state index < -0.39 is 0 Å². The second-order valence-corrected chi connectivity index (χ2v) is 3.59. The highest BCUT2D eigenvalue weighted by Gasteiger charge is 1.89. The number of primary amides is 1. The van der Waals surface area contributed by atoms with Crippen LogP contribution in [-0.2, 0) is 4.79 Å². The number of allylic oxidation sites excluding steroid dienone is 3. The molecule has 0 aliphatic heterocycles. The molecule has 0 aromatic rings. The van der Waals surface area contributed by atoms with Gasteiger partial charge in [0.15, 0.2) is 0 Å². The predicted octanol–water partition coefficient (Wildman–Crippen LogP) is 2.94. The summed E-state index contributed by atoms with van der Waals surface area (Å²) in [4.78, 5) is 10.4. The molecule has 0 atom stereocenters. The summed E-state index contributed by atoms with van der Waals surface area (Å²) in [5.74, 6) is -0.389. The molecular formula is C12H21NO. The van der Waals surface area contributed by atoms with E-state index in [1.54, 1.807) is 6.08 Å². The van der Waals surface area contributed by atoms with E-state index in [2.05, 4.69) is 13.8 Å². The Kier molecular flexibility index (Phi) is 7.90. The first-order valence-corrected chi connectivity index (χ1v) is 5.30. The van der Waals surface area contributed by atoms with Gasteiger partial charge < -0.3 is 5.73 Å². The molecule has 0 saturated carbocycles. The molecule has 0 aromatic carbocycles. The fourth-order valence-electron chi connectivity index (χ4n) is 1.22. The molecule has 0 rings (SSSR count). The Labute approximate surface area is 86.9 Å². The molecule has 0 aliphatic rings. The van der Waals surface area contributed by atoms with Crippen LogP contribution in [0.5, 0.6) is 0 Å². The van der Waals surface area contributed by atoms with E-state index in [9.17, 15) is 4.79 Å². The lowest BCUT2D eigenvalue weighted by molar-refractivity contribution is -0.113. The van der Waals surface area contributed by atoms with Crippen molar-refractivity contribution in [2.24, 2.45) is 5.73 Å². The van der Waals surface area contributed by atoms with E-state index in [0.29, 0.717) is 0 Å². The second-order valence-electron chi connectivity index (χ2n) is 3.59. The molecule has 0 saturated heterocycles. The molecule has 0 unspecified atom stereocenters. The lowest BCUT2D eigenvalue weighted by Crippen LogP contribution is -2.04. The Balaban J connectivity index is 3.61. The highest BCUT2D eigenvalue weighted by Crippen LogP contribution is 2.09. The van der Waals surface area contributed by atoms with Crippen LogP contribution in [0.2, 0.25) is 0 Å². The Bertz CT molecular complexity index is 216. The van der Waals surface area contributed by atoms with Crippen molar-refractivity contribution < 1.29 is 4.79 Å². The molecular weight excluding hydrogens is 174 g/mol. The first-order valence-electron chi connectivity index (χ1n) is 5.30. The van der Waals surface area contributed by atoms with Crippen molar-refractivity contribution >= 4 is 5.91 Å². The third-order valence-corrected chi connectivity index (χ3v) is 2.07. The number of carbonyl (C=O) groups excluding carboxylic acids is 1. The van der Waals surface area contributed by atoms with Crippen molar-refractivity contribution in [3.63, 3.8) is 0 Å². The first kappa shape index (κ1) is 12.9. The zero-order valence-corrected chi connectivity index (χ0v) is 9.25. The molecule has 14 heavy (non-hydrogen) atoms. The minimum atomic E-state index is -0.389. The van der Waals surface area contributed by atoms with Crippen molar-refractivity contribution in [3.05, 3.63) is 23.8 Å². The molecule has 2 heteroatoms. The van der Waals surface area contributed by atoms with E-state index in [0.717, 1.165) is 6.42 Å². The molecule has 2 N–H and O–H groups in total. The van der Waals surface area contributed by atoms with Crippen LogP contribution in [0.1, 0.15) is 46.0 Å². The summed E-state index contributed by atoms with van der Waals surface area (Å²) in [7, 11) is 0. The van der Waals surface area contributed by atoms with Crippen LogP contribution in [0, 0.1) is 0 Å². The summed E-state index contributed by atoms with van der Waals surface area (Å²) in [6.45, 7) is 4.29. The maximum atomic E-state index is 10.4. The highest BCUT2D eigenvalue weighted by atomic mass is 16.1. The fraction of sp³-hybridized carbons (Fsp3) is 0.583. The number of hydrogen-bond acceptors (Lipinski definition) is 1. The van der Waals surface area contributed by atoms with Crippen LogP contribution >= 0.6 is 0 Å². The SMILES string of the molecule is CCCCCCC(C)=CC=CC(N)=O. The van der Waals surface area contributed by atoms with Gasteiger partial charge in [0, 0.05) is 6.08 Å². The Morgan fingerprint density at radius 3 is 2.57 bits per heavy atom. The third kappa shape index (κ3) is 9.04. The lowest BCUT2D eigenvalue weighted by atomic mass is 10.1. The van der Waals surface area contributed by atoms with Gasteiger partial charge in [0.05, 0.1) is 0 Å². The van der Waals surface area contributed by atoms with Crippen molar-refractivity contribution in [1.29, 1.82) is 0 Å². The minimum absolute atomic E-state index is 0.389. The van der Waals surface area contributed by atoms with Gasteiger partial charge in [0.1, 0.15) is 0 Å². The summed E-state index contributed by atoms with van der Waals surface area (Å²) in [5.41, 5.74) is 6.27. The quantitative estimate of drug-likeness (QED) is 0.379. The topological polar surface area (TPSA) is 43.1 Å². The Morgan fingerprint density at radius 1 is 1.29 bits per heavy atom. The largest absolute Gasteiger partial charge is 0.366 e. The maximum Gasteiger partial charge on any atom is 0.241 e. The second kappa shape index (κ2) is 8.54. The van der Waals surface area contributed by atoms with E-state index in [4.69, 9.17) is 5.73 Å². The summed E-state index contributed by atoms with van der Waals surface area (Å²) in [6.07, 6.45) is 11.3. The van der Waals surface area contributed by atoms with Gasteiger partial charge in [-0.05, 0) is 19.8 Å². The number of nitrogens with two attached hydrogens (primary N) is 1. The minimum Gasteiger partial charge on any atom is -0.366 e. The monoisotopic (exact) mass is 195 g/mol. The zero-order valence-electron chi connectivity index (χ0n) is 9.25. The summed E-state index contributed by atoms with van der Waals surface area (Å²) in [5, 5.41) is 0. The zero-order chi connectivity index (χ0) is 10.8. The summed E-state index contributed by atoms with van der Waals surface area (Å²) in [6, 6.07) is 0. The van der Waals surface area contributed by atoms with Crippen molar-refractivity contribution in [3.8, 4) is 0 Å². The van der Waals surface area contributed by atoms with Crippen LogP contribution in [0.4, 0.5) is 0 Å². The third-order valence-electron chi connectivity index (χ3n) is 2.07. The smallest absolute Gasteiger partial charge is 0.241 e. The van der Waals surface area contributed by atoms with Crippen LogP contribution in [0.15, 0.2) is 23.8 Å². The number of amides is 1. The normalized spacial score (nSPS) is 12.3. The number of hydrogen-bond donors (Lipinski definition) is 1. The molecule has 1 amide bonds. The standard InChI is InChI=1S/C12H21NO/c1-3-4-5-6-8-11(2)9-7-10-12(13)14/h7,9-10H,3-6,8H2,1-2H3,(H2,13,14). The van der Waals surface area contributed by atoms with Gasteiger partial charge in [-0.1, -0.05) is 43.9 Å². The molecule has 0 fully saturated rings. The van der Waals surface area contributed by atoms with Gasteiger partial charge in [0.25, 0.3) is 0 Å². The van der Waals surface area contributed by atoms with E-state index in [1.165, 1.54) is 37.3 Å². The van der Waals surface area contributed by atoms with Gasteiger partial charge in [-0.3, -0.25) is 4.79 Å². The van der Waals surface area contributed by atoms with Gasteiger partial charge in [-0.25, -0.2) is 0 Å². The van der Waals surface area contributed by atoms with Gasteiger partial charge in [0.2, 0.25) is 5.91 Å². The van der Waals surface area contributed by atoms with Gasteiger partial charge in [-0.15, -0.1) is 0 Å². The Morgan fingerprint density at radius 2 is 2.00 bits per heavy atom. The fourth-order valence-corrected chi connectivity index (χ4v) is 1.22. The number of carbonyl (C=O) groups is 1. The molecule has 0 aromatic heterocycles. The van der Waals surface area contributed by atoms with Crippen LogP contribution in [-0.4, -0.2) is 5.91 Å².